The number of piperidine rings is 1. The van der Waals surface area contributed by atoms with Gasteiger partial charge in [-0.25, -0.2) is 9.37 Å². The van der Waals surface area contributed by atoms with Gasteiger partial charge in [-0.05, 0) is 49.2 Å². The highest BCUT2D eigenvalue weighted by Gasteiger charge is 2.28. The predicted octanol–water partition coefficient (Wildman–Crippen LogP) is 4.73. The van der Waals surface area contributed by atoms with Gasteiger partial charge in [0.1, 0.15) is 28.1 Å². The minimum absolute atomic E-state index is 0.0881. The Labute approximate surface area is 192 Å². The first-order valence-electron chi connectivity index (χ1n) is 10.7. The van der Waals surface area contributed by atoms with Crippen LogP contribution in [-0.2, 0) is 7.05 Å². The Morgan fingerprint density at radius 1 is 1.16 bits per heavy atom. The fourth-order valence-corrected chi connectivity index (χ4v) is 4.29. The molecule has 32 heavy (non-hydrogen) atoms. The van der Waals surface area contributed by atoms with Crippen molar-refractivity contribution in [2.75, 3.05) is 29.9 Å². The maximum absolute atomic E-state index is 13.2. The van der Waals surface area contributed by atoms with Crippen LogP contribution in [0.4, 0.5) is 15.8 Å². The average Bonchev–Trinajstić information content (AvgIpc) is 2.82. The highest BCUT2D eigenvalue weighted by molar-refractivity contribution is 6.29. The van der Waals surface area contributed by atoms with Gasteiger partial charge in [0.15, 0.2) is 0 Å². The Bertz CT molecular complexity index is 1190. The lowest BCUT2D eigenvalue weighted by molar-refractivity contribution is 0.482. The van der Waals surface area contributed by atoms with E-state index in [1.165, 1.54) is 16.7 Å². The van der Waals surface area contributed by atoms with Crippen LogP contribution in [0, 0.1) is 17.1 Å². The van der Waals surface area contributed by atoms with Crippen LogP contribution in [0.3, 0.4) is 0 Å². The van der Waals surface area contributed by atoms with Crippen LogP contribution < -0.4 is 15.4 Å². The molecule has 1 saturated heterocycles. The molecule has 0 radical (unpaired) electrons. The number of pyridine rings is 2. The van der Waals surface area contributed by atoms with E-state index in [9.17, 15) is 14.4 Å². The summed E-state index contributed by atoms with van der Waals surface area (Å²) in [6.45, 7) is 5.34. The van der Waals surface area contributed by atoms with Crippen LogP contribution >= 0.6 is 11.6 Å². The summed E-state index contributed by atoms with van der Waals surface area (Å²) in [5.74, 6) is -0.255. The zero-order valence-corrected chi connectivity index (χ0v) is 19.5. The summed E-state index contributed by atoms with van der Waals surface area (Å²) in [4.78, 5) is 21.4. The summed E-state index contributed by atoms with van der Waals surface area (Å²) in [6.07, 6.45) is 1.66. The molecule has 4 rings (SSSR count). The predicted molar refractivity (Wildman–Crippen MR) is 128 cm³/mol. The molecular weight excluding hydrogens is 429 g/mol. The topological polar surface area (TPSA) is 65.2 Å². The van der Waals surface area contributed by atoms with Crippen molar-refractivity contribution in [1.29, 1.82) is 5.26 Å². The lowest BCUT2D eigenvalue weighted by atomic mass is 10.0. The Morgan fingerprint density at radius 3 is 2.38 bits per heavy atom. The van der Waals surface area contributed by atoms with Crippen LogP contribution in [0.2, 0.25) is 5.15 Å². The van der Waals surface area contributed by atoms with E-state index in [4.69, 9.17) is 11.6 Å². The molecule has 0 amide bonds. The van der Waals surface area contributed by atoms with E-state index >= 15 is 0 Å². The highest BCUT2D eigenvalue weighted by Crippen LogP contribution is 2.31. The van der Waals surface area contributed by atoms with Gasteiger partial charge < -0.3 is 14.4 Å². The van der Waals surface area contributed by atoms with Crippen molar-refractivity contribution in [2.45, 2.75) is 32.7 Å². The summed E-state index contributed by atoms with van der Waals surface area (Å²) < 4.78 is 14.7. The molecule has 3 heterocycles. The fourth-order valence-electron chi connectivity index (χ4n) is 4.14. The summed E-state index contributed by atoms with van der Waals surface area (Å²) >= 11 is 6.13. The largest absolute Gasteiger partial charge is 0.371 e. The van der Waals surface area contributed by atoms with Gasteiger partial charge in [0, 0.05) is 38.9 Å². The molecule has 0 atom stereocenters. The van der Waals surface area contributed by atoms with Crippen molar-refractivity contribution in [2.24, 2.45) is 7.05 Å². The Balaban J connectivity index is 0.00000141. The zero-order valence-electron chi connectivity index (χ0n) is 18.8. The minimum atomic E-state index is -0.338. The van der Waals surface area contributed by atoms with Gasteiger partial charge >= 0.3 is 0 Å². The van der Waals surface area contributed by atoms with Gasteiger partial charge in [-0.2, -0.15) is 5.26 Å². The van der Waals surface area contributed by atoms with Crippen LogP contribution in [-0.4, -0.2) is 35.7 Å². The third kappa shape index (κ3) is 4.42. The Hall–Kier alpha value is -3.11. The average molecular weight is 456 g/mol. The Kier molecular flexibility index (Phi) is 7.37. The molecule has 0 unspecified atom stereocenters. The molecule has 1 aliphatic rings. The van der Waals surface area contributed by atoms with Gasteiger partial charge in [0.2, 0.25) is 0 Å². The number of fused-ring (bicyclic) bond motifs is 1. The van der Waals surface area contributed by atoms with E-state index in [1.54, 1.807) is 31.3 Å². The van der Waals surface area contributed by atoms with E-state index in [1.807, 2.05) is 20.9 Å². The number of benzene rings is 1. The van der Waals surface area contributed by atoms with E-state index in [0.29, 0.717) is 35.0 Å². The first-order valence-corrected chi connectivity index (χ1v) is 11.1. The van der Waals surface area contributed by atoms with E-state index in [-0.39, 0.29) is 23.0 Å². The third-order valence-electron chi connectivity index (χ3n) is 5.86. The highest BCUT2D eigenvalue weighted by atomic mass is 35.5. The maximum Gasteiger partial charge on any atom is 0.270 e. The number of nitriles is 1. The van der Waals surface area contributed by atoms with Crippen molar-refractivity contribution in [3.05, 3.63) is 63.3 Å². The van der Waals surface area contributed by atoms with Crippen molar-refractivity contribution < 1.29 is 4.39 Å². The zero-order chi connectivity index (χ0) is 23.4. The van der Waals surface area contributed by atoms with Crippen LogP contribution in [0.15, 0.2) is 41.2 Å². The molecule has 0 aliphatic carbocycles. The lowest BCUT2D eigenvalue weighted by Gasteiger charge is -2.39. The smallest absolute Gasteiger partial charge is 0.270 e. The summed E-state index contributed by atoms with van der Waals surface area (Å²) in [7, 11) is 3.64. The van der Waals surface area contributed by atoms with Crippen molar-refractivity contribution in [3.63, 3.8) is 0 Å². The molecular formula is C24H27ClFN5O. The van der Waals surface area contributed by atoms with Gasteiger partial charge in [-0.1, -0.05) is 25.4 Å². The van der Waals surface area contributed by atoms with E-state index < -0.39 is 0 Å². The third-order valence-corrected chi connectivity index (χ3v) is 6.07. The molecule has 6 nitrogen and oxygen atoms in total. The monoisotopic (exact) mass is 455 g/mol. The number of hydrogen-bond acceptors (Lipinski definition) is 5. The standard InChI is InChI=1S/C22H21ClFN5O.C2H6/c1-27(15-5-3-14(24)4-6-15)16-9-11-29(12-10-16)21-17(13-25)22(30)28(2)18-7-8-19(23)26-20(18)21;1-2/h3-8,16H,9-12H2,1-2H3;1-2H3. The first-order chi connectivity index (χ1) is 15.4. The number of halogens is 2. The van der Waals surface area contributed by atoms with Gasteiger partial charge in [-0.15, -0.1) is 0 Å². The number of aryl methyl sites for hydroxylation is 1. The molecule has 1 aliphatic heterocycles. The molecule has 0 spiro atoms. The molecule has 168 valence electrons. The molecule has 0 saturated carbocycles. The summed E-state index contributed by atoms with van der Waals surface area (Å²) in [5.41, 5.74) is 2.47. The van der Waals surface area contributed by atoms with E-state index in [0.717, 1.165) is 18.5 Å². The molecule has 2 aromatic heterocycles. The molecule has 0 N–H and O–H groups in total. The molecule has 0 bridgehead atoms. The van der Waals surface area contributed by atoms with E-state index in [2.05, 4.69) is 20.9 Å². The quantitative estimate of drug-likeness (QED) is 0.534. The van der Waals surface area contributed by atoms with Gasteiger partial charge in [0.05, 0.1) is 11.2 Å². The SMILES string of the molecule is CC.CN(c1ccc(F)cc1)C1CCN(c2c(C#N)c(=O)n(C)c3ccc(Cl)nc23)CC1. The van der Waals surface area contributed by atoms with Crippen molar-refractivity contribution in [1.82, 2.24) is 9.55 Å². The van der Waals surface area contributed by atoms with Crippen LogP contribution in [0.1, 0.15) is 32.3 Å². The number of anilines is 2. The number of rotatable bonds is 3. The maximum atomic E-state index is 13.2. The lowest BCUT2D eigenvalue weighted by Crippen LogP contribution is -2.44. The molecule has 8 heteroatoms. The van der Waals surface area contributed by atoms with Gasteiger partial charge in [-0.3, -0.25) is 4.79 Å². The normalized spacial score (nSPS) is 14.0. The number of nitrogens with zero attached hydrogens (tertiary/aromatic N) is 5. The van der Waals surface area contributed by atoms with Crippen molar-refractivity contribution >= 4 is 34.0 Å². The van der Waals surface area contributed by atoms with Crippen molar-refractivity contribution in [3.8, 4) is 6.07 Å². The summed E-state index contributed by atoms with van der Waals surface area (Å²) in [5, 5.41) is 10.0. The minimum Gasteiger partial charge on any atom is -0.371 e. The second-order valence-corrected chi connectivity index (χ2v) is 7.89. The number of aromatic nitrogens is 2. The summed E-state index contributed by atoms with van der Waals surface area (Å²) in [6, 6.07) is 12.2. The molecule has 1 aromatic carbocycles. The second kappa shape index (κ2) is 10.0. The fraction of sp³-hybridized carbons (Fsp3) is 0.375. The first kappa shape index (κ1) is 23.6. The molecule has 1 fully saturated rings. The number of hydrogen-bond donors (Lipinski definition) is 0. The Morgan fingerprint density at radius 2 is 1.78 bits per heavy atom. The molecule has 3 aromatic rings. The van der Waals surface area contributed by atoms with Crippen LogP contribution in [0.25, 0.3) is 11.0 Å². The second-order valence-electron chi connectivity index (χ2n) is 7.51. The van der Waals surface area contributed by atoms with Gasteiger partial charge in [0.25, 0.3) is 5.56 Å². The van der Waals surface area contributed by atoms with Crippen LogP contribution in [0.5, 0.6) is 0 Å².